The van der Waals surface area contributed by atoms with Gasteiger partial charge in [0.2, 0.25) is 0 Å². The minimum absolute atomic E-state index is 0. The molecule has 5 rings (SSSR count). The second-order valence-corrected chi connectivity index (χ2v) is 6.60. The fraction of sp³-hybridized carbons (Fsp3) is 1.00. The van der Waals surface area contributed by atoms with E-state index in [4.69, 9.17) is 23.7 Å². The van der Waals surface area contributed by atoms with Crippen LogP contribution in [-0.4, -0.2) is 66.1 Å². The van der Waals surface area contributed by atoms with E-state index in [0.29, 0.717) is 0 Å². The van der Waals surface area contributed by atoms with Crippen molar-refractivity contribution in [2.45, 2.75) is 64.2 Å². The van der Waals surface area contributed by atoms with Gasteiger partial charge < -0.3 is 23.7 Å². The Morgan fingerprint density at radius 1 is 0.231 bits per heavy atom. The van der Waals surface area contributed by atoms with Gasteiger partial charge in [0.1, 0.15) is 0 Å². The van der Waals surface area contributed by atoms with Crippen molar-refractivity contribution in [1.29, 1.82) is 0 Å². The summed E-state index contributed by atoms with van der Waals surface area (Å²) >= 11 is 0. The maximum atomic E-state index is 4.94. The monoisotopic (exact) mass is 383 g/mol. The molecular weight excluding hydrogens is 343 g/mol. The molecule has 26 heavy (non-hydrogen) atoms. The fourth-order valence-electron chi connectivity index (χ4n) is 2.55. The summed E-state index contributed by atoms with van der Waals surface area (Å²) in [5.41, 5.74) is 0. The molecule has 0 spiro atoms. The van der Waals surface area contributed by atoms with Crippen molar-refractivity contribution in [1.82, 2.24) is 0 Å². The van der Waals surface area contributed by atoms with Crippen LogP contribution in [0.5, 0.6) is 0 Å². The molecule has 0 aliphatic carbocycles. The van der Waals surface area contributed by atoms with Crippen molar-refractivity contribution in [3.8, 4) is 0 Å². The van der Waals surface area contributed by atoms with Crippen molar-refractivity contribution >= 4 is 0 Å². The Hall–Kier alpha value is 0.800. The normalized spacial score (nSPS) is 23.1. The predicted octanol–water partition coefficient (Wildman–Crippen LogP) is 0.988. The van der Waals surface area contributed by atoms with Crippen LogP contribution in [-0.2, 0) is 23.7 Å². The minimum atomic E-state index is 0. The summed E-state index contributed by atoms with van der Waals surface area (Å²) < 4.78 is 24.7. The second kappa shape index (κ2) is 23.8. The van der Waals surface area contributed by atoms with Gasteiger partial charge in [-0.15, -0.1) is 0 Å². The van der Waals surface area contributed by atoms with Crippen LogP contribution >= 0.6 is 0 Å². The second-order valence-electron chi connectivity index (χ2n) is 6.60. The van der Waals surface area contributed by atoms with Crippen LogP contribution in [0.4, 0.5) is 0 Å². The Bertz CT molecular complexity index is 140. The fourth-order valence-corrected chi connectivity index (χ4v) is 2.55. The Morgan fingerprint density at radius 3 is 0.385 bits per heavy atom. The molecule has 150 valence electrons. The van der Waals surface area contributed by atoms with Gasteiger partial charge in [-0.2, -0.15) is 0 Å². The van der Waals surface area contributed by atoms with Crippen molar-refractivity contribution in [3.63, 3.8) is 0 Å². The van der Waals surface area contributed by atoms with Gasteiger partial charge in [0.05, 0.1) is 0 Å². The summed E-state index contributed by atoms with van der Waals surface area (Å²) in [6.07, 6.45) is 12.8. The van der Waals surface area contributed by atoms with Crippen LogP contribution in [0.2, 0.25) is 0 Å². The van der Waals surface area contributed by atoms with Crippen LogP contribution in [0, 0.1) is 0 Å². The van der Waals surface area contributed by atoms with Gasteiger partial charge in [0.25, 0.3) is 0 Å². The molecule has 0 bridgehead atoms. The SMILES string of the molecule is C1CCOC1.C1CCOC1.C1CCOC1.C1CCOC1.C1CCOC1.[Na+]. The van der Waals surface area contributed by atoms with Crippen molar-refractivity contribution in [3.05, 3.63) is 0 Å². The number of hydrogen-bond acceptors (Lipinski definition) is 5. The van der Waals surface area contributed by atoms with Crippen LogP contribution < -0.4 is 29.6 Å². The van der Waals surface area contributed by atoms with Gasteiger partial charge >= 0.3 is 29.6 Å². The van der Waals surface area contributed by atoms with Gasteiger partial charge in [-0.1, -0.05) is 0 Å². The first-order chi connectivity index (χ1) is 12.5. The third-order valence-electron chi connectivity index (χ3n) is 4.14. The average Bonchev–Trinajstić information content (AvgIpc) is 3.55. The molecule has 0 radical (unpaired) electrons. The molecule has 0 aromatic rings. The molecule has 5 aliphatic heterocycles. The predicted molar refractivity (Wildman–Crippen MR) is 100 cm³/mol. The van der Waals surface area contributed by atoms with E-state index in [1.54, 1.807) is 0 Å². The molecule has 5 aliphatic rings. The van der Waals surface area contributed by atoms with Crippen molar-refractivity contribution in [2.24, 2.45) is 0 Å². The van der Waals surface area contributed by atoms with E-state index in [0.717, 1.165) is 66.1 Å². The van der Waals surface area contributed by atoms with Gasteiger partial charge in [-0.05, 0) is 64.2 Å². The zero-order valence-corrected chi connectivity index (χ0v) is 19.2. The molecule has 5 nitrogen and oxygen atoms in total. The first-order valence-electron chi connectivity index (χ1n) is 10.4. The van der Waals surface area contributed by atoms with Crippen LogP contribution in [0.15, 0.2) is 0 Å². The van der Waals surface area contributed by atoms with Gasteiger partial charge in [-0.3, -0.25) is 0 Å². The molecule has 0 N–H and O–H groups in total. The van der Waals surface area contributed by atoms with E-state index < -0.39 is 0 Å². The Balaban J connectivity index is 0.000000298. The molecule has 0 saturated carbocycles. The third-order valence-corrected chi connectivity index (χ3v) is 4.14. The Labute approximate surface area is 183 Å². The molecule has 0 atom stereocenters. The molecule has 5 saturated heterocycles. The number of hydrogen-bond donors (Lipinski definition) is 0. The maximum Gasteiger partial charge on any atom is 1.00 e. The van der Waals surface area contributed by atoms with Crippen molar-refractivity contribution in [2.75, 3.05) is 66.1 Å². The van der Waals surface area contributed by atoms with E-state index in [1.165, 1.54) is 64.2 Å². The number of rotatable bonds is 0. The Morgan fingerprint density at radius 2 is 0.346 bits per heavy atom. The number of ether oxygens (including phenoxy) is 5. The molecule has 0 aromatic heterocycles. The van der Waals surface area contributed by atoms with E-state index >= 15 is 0 Å². The van der Waals surface area contributed by atoms with Gasteiger partial charge in [0, 0.05) is 66.1 Å². The molecule has 0 amide bonds. The first kappa shape index (κ1) is 26.8. The summed E-state index contributed by atoms with van der Waals surface area (Å²) in [6, 6.07) is 0. The van der Waals surface area contributed by atoms with Crippen LogP contribution in [0.3, 0.4) is 0 Å². The van der Waals surface area contributed by atoms with E-state index in [-0.39, 0.29) is 29.6 Å². The van der Waals surface area contributed by atoms with Crippen LogP contribution in [0.25, 0.3) is 0 Å². The quantitative estimate of drug-likeness (QED) is 0.584. The molecule has 0 aromatic carbocycles. The topological polar surface area (TPSA) is 46.2 Å². The minimum Gasteiger partial charge on any atom is -0.381 e. The molecule has 0 unspecified atom stereocenters. The van der Waals surface area contributed by atoms with Crippen LogP contribution in [0.1, 0.15) is 64.2 Å². The Kier molecular flexibility index (Phi) is 24.6. The molecule has 5 fully saturated rings. The summed E-state index contributed by atoms with van der Waals surface area (Å²) in [5, 5.41) is 0. The zero-order chi connectivity index (χ0) is 17.7. The summed E-state index contributed by atoms with van der Waals surface area (Å²) in [6.45, 7) is 10.0. The van der Waals surface area contributed by atoms with E-state index in [9.17, 15) is 0 Å². The van der Waals surface area contributed by atoms with E-state index in [2.05, 4.69) is 0 Å². The average molecular weight is 384 g/mol. The van der Waals surface area contributed by atoms with E-state index in [1.807, 2.05) is 0 Å². The summed E-state index contributed by atoms with van der Waals surface area (Å²) in [4.78, 5) is 0. The standard InChI is InChI=1S/5C4H8O.Na/c5*1-2-4-5-3-1;/h5*1-4H2;/q;;;;;+1. The summed E-state index contributed by atoms with van der Waals surface area (Å²) in [5.74, 6) is 0. The largest absolute Gasteiger partial charge is 1.00 e. The first-order valence-corrected chi connectivity index (χ1v) is 10.4. The van der Waals surface area contributed by atoms with Crippen molar-refractivity contribution < 1.29 is 53.2 Å². The molecular formula is C20H40NaO5+. The maximum absolute atomic E-state index is 4.94. The van der Waals surface area contributed by atoms with Gasteiger partial charge in [-0.25, -0.2) is 0 Å². The zero-order valence-electron chi connectivity index (χ0n) is 17.2. The molecule has 5 heterocycles. The third kappa shape index (κ3) is 21.1. The molecule has 6 heteroatoms. The summed E-state index contributed by atoms with van der Waals surface area (Å²) in [7, 11) is 0. The van der Waals surface area contributed by atoms with Gasteiger partial charge in [0.15, 0.2) is 0 Å². The smallest absolute Gasteiger partial charge is 0.381 e.